The van der Waals surface area contributed by atoms with Crippen LogP contribution in [0.15, 0.2) is 43.0 Å². The van der Waals surface area contributed by atoms with E-state index >= 15 is 0 Å². The zero-order valence-electron chi connectivity index (χ0n) is 19.7. The van der Waals surface area contributed by atoms with Gasteiger partial charge in [-0.25, -0.2) is 0 Å². The molecule has 0 radical (unpaired) electrons. The number of aryl methyl sites for hydroxylation is 2. The van der Waals surface area contributed by atoms with Crippen LogP contribution in [-0.4, -0.2) is 18.9 Å². The summed E-state index contributed by atoms with van der Waals surface area (Å²) in [6, 6.07) is 11.6. The van der Waals surface area contributed by atoms with Crippen LogP contribution in [0.2, 0.25) is 0 Å². The van der Waals surface area contributed by atoms with Gasteiger partial charge < -0.3 is 15.9 Å². The second-order valence-electron chi connectivity index (χ2n) is 8.13. The SMILES string of the molecule is C=C(NN)c1ccc2c(c1)CCc1cc(C(N)=O)ccc1C2(CCC)C(=N)OC.CCC. The quantitative estimate of drug-likeness (QED) is 0.232. The number of hydrazine groups is 1. The fraction of sp³-hybridized carbons (Fsp3) is 0.385. The van der Waals surface area contributed by atoms with Gasteiger partial charge in [-0.05, 0) is 65.3 Å². The van der Waals surface area contributed by atoms with Crippen molar-refractivity contribution in [1.82, 2.24) is 5.43 Å². The Morgan fingerprint density at radius 2 is 1.59 bits per heavy atom. The van der Waals surface area contributed by atoms with E-state index in [9.17, 15) is 4.79 Å². The maximum atomic E-state index is 11.7. The van der Waals surface area contributed by atoms with E-state index in [1.54, 1.807) is 6.07 Å². The average molecular weight is 437 g/mol. The summed E-state index contributed by atoms with van der Waals surface area (Å²) in [5.74, 6) is 5.29. The molecule has 172 valence electrons. The summed E-state index contributed by atoms with van der Waals surface area (Å²) in [7, 11) is 1.54. The van der Waals surface area contributed by atoms with Crippen LogP contribution in [0.3, 0.4) is 0 Å². The Balaban J connectivity index is 0.00000114. The van der Waals surface area contributed by atoms with Gasteiger partial charge in [-0.3, -0.25) is 16.0 Å². The summed E-state index contributed by atoms with van der Waals surface area (Å²) in [4.78, 5) is 11.7. The molecule has 0 saturated carbocycles. The summed E-state index contributed by atoms with van der Waals surface area (Å²) in [6.45, 7) is 10.3. The number of rotatable bonds is 6. The Kier molecular flexibility index (Phi) is 8.61. The molecule has 0 bridgehead atoms. The first-order valence-corrected chi connectivity index (χ1v) is 11.2. The van der Waals surface area contributed by atoms with Crippen LogP contribution in [-0.2, 0) is 23.0 Å². The third-order valence-corrected chi connectivity index (χ3v) is 5.82. The second-order valence-corrected chi connectivity index (χ2v) is 8.13. The molecule has 1 aliphatic rings. The molecule has 0 saturated heterocycles. The molecule has 3 rings (SSSR count). The molecule has 0 aromatic heterocycles. The molecule has 6 N–H and O–H groups in total. The highest BCUT2D eigenvalue weighted by atomic mass is 16.5. The van der Waals surface area contributed by atoms with E-state index in [0.29, 0.717) is 17.7 Å². The van der Waals surface area contributed by atoms with E-state index in [1.165, 1.54) is 13.5 Å². The topological polar surface area (TPSA) is 114 Å². The zero-order chi connectivity index (χ0) is 23.9. The Bertz CT molecular complexity index is 999. The summed E-state index contributed by atoms with van der Waals surface area (Å²) < 4.78 is 5.53. The largest absolute Gasteiger partial charge is 0.484 e. The van der Waals surface area contributed by atoms with Gasteiger partial charge in [0.05, 0.1) is 12.5 Å². The number of ether oxygens (including phenoxy) is 1. The van der Waals surface area contributed by atoms with E-state index in [1.807, 2.05) is 24.3 Å². The van der Waals surface area contributed by atoms with Gasteiger partial charge in [0.15, 0.2) is 5.90 Å². The summed E-state index contributed by atoms with van der Waals surface area (Å²) >= 11 is 0. The standard InChI is InChI=1S/C23H28N4O2.C3H8/c1-4-11-23(22(25)29-3)19-9-7-15(14(2)27-26)12-16(19)5-6-17-13-18(21(24)28)8-10-20(17)23;1-3-2/h7-10,12-13,25,27H,2,4-6,11,26H2,1,3H3,(H2,24,28);3H2,1-2H3. The highest BCUT2D eigenvalue weighted by Gasteiger charge is 2.44. The molecule has 0 fully saturated rings. The molecule has 0 spiro atoms. The van der Waals surface area contributed by atoms with Gasteiger partial charge in [-0.1, -0.05) is 58.4 Å². The predicted octanol–water partition coefficient (Wildman–Crippen LogP) is 4.44. The van der Waals surface area contributed by atoms with Gasteiger partial charge in [0.1, 0.15) is 0 Å². The number of carbonyl (C=O) groups excluding carboxylic acids is 1. The van der Waals surface area contributed by atoms with Crippen molar-refractivity contribution in [3.05, 3.63) is 76.4 Å². The molecule has 1 unspecified atom stereocenters. The van der Waals surface area contributed by atoms with Crippen LogP contribution >= 0.6 is 0 Å². The van der Waals surface area contributed by atoms with Crippen LogP contribution in [0.4, 0.5) is 0 Å². The van der Waals surface area contributed by atoms with Crippen molar-refractivity contribution in [3.8, 4) is 0 Å². The molecule has 6 nitrogen and oxygen atoms in total. The van der Waals surface area contributed by atoms with Crippen molar-refractivity contribution in [2.75, 3.05) is 7.11 Å². The molecule has 6 heteroatoms. The minimum absolute atomic E-state index is 0.194. The summed E-state index contributed by atoms with van der Waals surface area (Å²) in [6.07, 6.45) is 4.32. The van der Waals surface area contributed by atoms with Crippen LogP contribution in [0.1, 0.15) is 78.2 Å². The van der Waals surface area contributed by atoms with Crippen molar-refractivity contribution >= 4 is 17.5 Å². The smallest absolute Gasteiger partial charge is 0.248 e. The second kappa shape index (κ2) is 11.0. The van der Waals surface area contributed by atoms with Crippen molar-refractivity contribution in [2.45, 2.75) is 58.3 Å². The van der Waals surface area contributed by atoms with Gasteiger partial charge in [-0.2, -0.15) is 0 Å². The molecule has 1 atom stereocenters. The normalized spacial score (nSPS) is 16.4. The third-order valence-electron chi connectivity index (χ3n) is 5.82. The zero-order valence-corrected chi connectivity index (χ0v) is 19.7. The maximum Gasteiger partial charge on any atom is 0.248 e. The van der Waals surface area contributed by atoms with Crippen molar-refractivity contribution in [2.24, 2.45) is 11.6 Å². The first kappa shape index (κ1) is 25.1. The van der Waals surface area contributed by atoms with Gasteiger partial charge >= 0.3 is 0 Å². The van der Waals surface area contributed by atoms with E-state index in [4.69, 9.17) is 21.7 Å². The Labute approximate surface area is 191 Å². The number of hydrogen-bond donors (Lipinski definition) is 4. The lowest BCUT2D eigenvalue weighted by molar-refractivity contribution is 0.1000. The average Bonchev–Trinajstić information content (AvgIpc) is 2.93. The van der Waals surface area contributed by atoms with Crippen molar-refractivity contribution < 1.29 is 9.53 Å². The number of amides is 1. The number of nitrogens with two attached hydrogens (primary N) is 2. The first-order valence-electron chi connectivity index (χ1n) is 11.2. The van der Waals surface area contributed by atoms with Gasteiger partial charge in [0.25, 0.3) is 0 Å². The third kappa shape index (κ3) is 4.70. The Hall–Kier alpha value is -3.12. The van der Waals surface area contributed by atoms with Gasteiger partial charge in [0, 0.05) is 11.3 Å². The number of carbonyl (C=O) groups is 1. The molecular weight excluding hydrogens is 400 g/mol. The molecular formula is C26H36N4O2. The van der Waals surface area contributed by atoms with Crippen molar-refractivity contribution in [3.63, 3.8) is 0 Å². The molecule has 1 aliphatic carbocycles. The first-order chi connectivity index (χ1) is 15.3. The highest BCUT2D eigenvalue weighted by molar-refractivity contribution is 5.95. The number of nitrogens with one attached hydrogen (secondary N) is 2. The monoisotopic (exact) mass is 436 g/mol. The van der Waals surface area contributed by atoms with Crippen molar-refractivity contribution in [1.29, 1.82) is 5.41 Å². The molecule has 0 heterocycles. The lowest BCUT2D eigenvalue weighted by Gasteiger charge is -2.36. The predicted molar refractivity (Wildman–Crippen MR) is 132 cm³/mol. The van der Waals surface area contributed by atoms with Crippen LogP contribution in [0.25, 0.3) is 5.70 Å². The van der Waals surface area contributed by atoms with Gasteiger partial charge in [-0.15, -0.1) is 0 Å². The van der Waals surface area contributed by atoms with E-state index in [0.717, 1.165) is 47.1 Å². The van der Waals surface area contributed by atoms with Crippen LogP contribution in [0.5, 0.6) is 0 Å². The lowest BCUT2D eigenvalue weighted by Crippen LogP contribution is -2.39. The number of fused-ring (bicyclic) bond motifs is 2. The van der Waals surface area contributed by atoms with Crippen LogP contribution in [0, 0.1) is 5.41 Å². The Morgan fingerprint density at radius 1 is 1.09 bits per heavy atom. The fourth-order valence-electron chi connectivity index (χ4n) is 4.45. The van der Waals surface area contributed by atoms with Crippen LogP contribution < -0.4 is 17.0 Å². The number of hydrogen-bond acceptors (Lipinski definition) is 5. The molecule has 0 aliphatic heterocycles. The minimum atomic E-state index is -0.725. The summed E-state index contributed by atoms with van der Waals surface area (Å²) in [5, 5.41) is 8.79. The van der Waals surface area contributed by atoms with E-state index in [-0.39, 0.29) is 5.90 Å². The highest BCUT2D eigenvalue weighted by Crippen LogP contribution is 2.45. The van der Waals surface area contributed by atoms with E-state index in [2.05, 4.69) is 38.8 Å². The molecule has 1 amide bonds. The summed E-state index contributed by atoms with van der Waals surface area (Å²) in [5.41, 5.74) is 13.6. The van der Waals surface area contributed by atoms with Gasteiger partial charge in [0.2, 0.25) is 5.91 Å². The minimum Gasteiger partial charge on any atom is -0.484 e. The maximum absolute atomic E-state index is 11.7. The lowest BCUT2D eigenvalue weighted by atomic mass is 9.69. The fourth-order valence-corrected chi connectivity index (χ4v) is 4.45. The molecule has 32 heavy (non-hydrogen) atoms. The number of methoxy groups -OCH3 is 1. The van der Waals surface area contributed by atoms with E-state index < -0.39 is 11.3 Å². The molecule has 2 aromatic rings. The Morgan fingerprint density at radius 3 is 2.03 bits per heavy atom. The number of benzene rings is 2. The number of primary amides is 1. The molecule has 2 aromatic carbocycles.